The molecule has 0 aromatic heterocycles. The summed E-state index contributed by atoms with van der Waals surface area (Å²) in [5.41, 5.74) is 0. The summed E-state index contributed by atoms with van der Waals surface area (Å²) in [4.78, 5) is 13.6. The van der Waals surface area contributed by atoms with Gasteiger partial charge >= 0.3 is 0 Å². The Morgan fingerprint density at radius 2 is 2.00 bits per heavy atom. The van der Waals surface area contributed by atoms with Crippen LogP contribution in [-0.2, 0) is 0 Å². The zero-order valence-corrected chi connectivity index (χ0v) is 10.7. The van der Waals surface area contributed by atoms with Gasteiger partial charge in [0.25, 0.3) is 5.24 Å². The lowest BCUT2D eigenvalue weighted by Gasteiger charge is -2.07. The van der Waals surface area contributed by atoms with Crippen molar-refractivity contribution in [2.45, 2.75) is 29.7 Å². The molecule has 2 nitrogen and oxygen atoms in total. The molecule has 0 radical (unpaired) electrons. The van der Waals surface area contributed by atoms with Crippen LogP contribution in [0, 0.1) is 0 Å². The lowest BCUT2D eigenvalue weighted by molar-refractivity contribution is 0.259. The maximum Gasteiger partial charge on any atom is 0.284 e. The molecule has 1 amide bonds. The second-order valence-corrected chi connectivity index (χ2v) is 5.29. The molecule has 82 valence electrons. The Labute approximate surface area is 99.2 Å². The highest BCUT2D eigenvalue weighted by molar-refractivity contribution is 8.13. The van der Waals surface area contributed by atoms with Crippen molar-refractivity contribution < 1.29 is 4.79 Å². The summed E-state index contributed by atoms with van der Waals surface area (Å²) in [6.07, 6.45) is 2.03. The van der Waals surface area contributed by atoms with Gasteiger partial charge in [-0.1, -0.05) is 6.07 Å². The molecule has 4 heteroatoms. The first kappa shape index (κ1) is 12.5. The molecule has 0 bridgehead atoms. The zero-order valence-electron chi connectivity index (χ0n) is 9.11. The topological polar surface area (TPSA) is 29.1 Å². The SMILES string of the molecule is CSc1cccc(SC(=O)NC(C)C)c1. The van der Waals surface area contributed by atoms with Crippen molar-refractivity contribution in [1.29, 1.82) is 0 Å². The minimum atomic E-state index is 0.00301. The first-order valence-electron chi connectivity index (χ1n) is 4.74. The van der Waals surface area contributed by atoms with E-state index in [0.29, 0.717) is 0 Å². The van der Waals surface area contributed by atoms with E-state index < -0.39 is 0 Å². The van der Waals surface area contributed by atoms with E-state index in [9.17, 15) is 4.79 Å². The minimum Gasteiger partial charge on any atom is -0.345 e. The summed E-state index contributed by atoms with van der Waals surface area (Å²) in [7, 11) is 0. The van der Waals surface area contributed by atoms with Gasteiger partial charge in [-0.25, -0.2) is 0 Å². The van der Waals surface area contributed by atoms with Gasteiger partial charge in [0, 0.05) is 15.8 Å². The Morgan fingerprint density at radius 3 is 2.60 bits per heavy atom. The van der Waals surface area contributed by atoms with Gasteiger partial charge in [-0.05, 0) is 50.1 Å². The molecule has 0 aliphatic rings. The number of rotatable bonds is 3. The number of carbonyl (C=O) groups is 1. The molecule has 1 rings (SSSR count). The third-order valence-electron chi connectivity index (χ3n) is 1.66. The maximum absolute atomic E-state index is 11.5. The predicted octanol–water partition coefficient (Wildman–Crippen LogP) is 3.62. The average molecular weight is 241 g/mol. The average Bonchev–Trinajstić information content (AvgIpc) is 2.16. The summed E-state index contributed by atoms with van der Waals surface area (Å²) in [6, 6.07) is 8.17. The fraction of sp³-hybridized carbons (Fsp3) is 0.364. The molecule has 0 unspecified atom stereocenters. The molecular weight excluding hydrogens is 226 g/mol. The van der Waals surface area contributed by atoms with Crippen LogP contribution < -0.4 is 5.32 Å². The molecule has 0 saturated heterocycles. The van der Waals surface area contributed by atoms with E-state index in [0.717, 1.165) is 4.90 Å². The van der Waals surface area contributed by atoms with Crippen LogP contribution in [0.15, 0.2) is 34.1 Å². The standard InChI is InChI=1S/C11H15NOS2/c1-8(2)12-11(13)15-10-6-4-5-9(7-10)14-3/h4-8H,1-3H3,(H,12,13). The lowest BCUT2D eigenvalue weighted by atomic mass is 10.4. The number of nitrogens with one attached hydrogen (secondary N) is 1. The van der Waals surface area contributed by atoms with Gasteiger partial charge in [0.05, 0.1) is 0 Å². The van der Waals surface area contributed by atoms with E-state index in [1.54, 1.807) is 11.8 Å². The Hall–Kier alpha value is -0.610. The molecule has 1 aromatic rings. The number of benzene rings is 1. The summed E-state index contributed by atoms with van der Waals surface area (Å²) < 4.78 is 0. The smallest absolute Gasteiger partial charge is 0.284 e. The quantitative estimate of drug-likeness (QED) is 0.820. The lowest BCUT2D eigenvalue weighted by Crippen LogP contribution is -2.26. The molecule has 0 aliphatic heterocycles. The molecule has 1 N–H and O–H groups in total. The summed E-state index contributed by atoms with van der Waals surface area (Å²) in [5.74, 6) is 0. The Morgan fingerprint density at radius 1 is 1.33 bits per heavy atom. The molecule has 0 atom stereocenters. The second-order valence-electron chi connectivity index (χ2n) is 3.37. The minimum absolute atomic E-state index is 0.00301. The number of hydrogen-bond donors (Lipinski definition) is 1. The van der Waals surface area contributed by atoms with Crippen LogP contribution in [0.1, 0.15) is 13.8 Å². The number of thioether (sulfide) groups is 2. The molecule has 1 aromatic carbocycles. The van der Waals surface area contributed by atoms with Crippen molar-refractivity contribution >= 4 is 28.8 Å². The Bertz CT molecular complexity index is 339. The van der Waals surface area contributed by atoms with Crippen LogP contribution >= 0.6 is 23.5 Å². The van der Waals surface area contributed by atoms with Gasteiger partial charge in [-0.2, -0.15) is 0 Å². The first-order chi connectivity index (χ1) is 7.11. The maximum atomic E-state index is 11.5. The molecule has 0 aliphatic carbocycles. The van der Waals surface area contributed by atoms with E-state index in [1.807, 2.05) is 44.4 Å². The van der Waals surface area contributed by atoms with Crippen LogP contribution in [0.25, 0.3) is 0 Å². The van der Waals surface area contributed by atoms with Crippen LogP contribution in [0.5, 0.6) is 0 Å². The van der Waals surface area contributed by atoms with Crippen molar-refractivity contribution in [3.05, 3.63) is 24.3 Å². The van der Waals surface area contributed by atoms with E-state index in [-0.39, 0.29) is 11.3 Å². The fourth-order valence-electron chi connectivity index (χ4n) is 1.04. The van der Waals surface area contributed by atoms with Gasteiger partial charge in [0.15, 0.2) is 0 Å². The second kappa shape index (κ2) is 6.08. The van der Waals surface area contributed by atoms with Crippen LogP contribution in [0.3, 0.4) is 0 Å². The molecule has 0 saturated carbocycles. The van der Waals surface area contributed by atoms with Gasteiger partial charge in [-0.15, -0.1) is 11.8 Å². The van der Waals surface area contributed by atoms with Gasteiger partial charge in [-0.3, -0.25) is 4.79 Å². The summed E-state index contributed by atoms with van der Waals surface area (Å²) in [5, 5.41) is 2.85. The fourth-order valence-corrected chi connectivity index (χ4v) is 2.41. The zero-order chi connectivity index (χ0) is 11.3. The van der Waals surface area contributed by atoms with Gasteiger partial charge < -0.3 is 5.32 Å². The third-order valence-corrected chi connectivity index (χ3v) is 3.18. The van der Waals surface area contributed by atoms with Crippen molar-refractivity contribution in [1.82, 2.24) is 5.32 Å². The van der Waals surface area contributed by atoms with E-state index in [4.69, 9.17) is 0 Å². The number of amides is 1. The number of carbonyl (C=O) groups excluding carboxylic acids is 1. The Balaban J connectivity index is 2.60. The molecule has 15 heavy (non-hydrogen) atoms. The van der Waals surface area contributed by atoms with Crippen LogP contribution in [-0.4, -0.2) is 17.5 Å². The normalized spacial score (nSPS) is 10.4. The monoisotopic (exact) mass is 241 g/mol. The van der Waals surface area contributed by atoms with Gasteiger partial charge in [0.2, 0.25) is 0 Å². The van der Waals surface area contributed by atoms with Crippen molar-refractivity contribution in [3.63, 3.8) is 0 Å². The molecular formula is C11H15NOS2. The van der Waals surface area contributed by atoms with Crippen molar-refractivity contribution in [2.24, 2.45) is 0 Å². The highest BCUT2D eigenvalue weighted by Gasteiger charge is 2.05. The summed E-state index contributed by atoms with van der Waals surface area (Å²) >= 11 is 2.92. The summed E-state index contributed by atoms with van der Waals surface area (Å²) in [6.45, 7) is 3.91. The number of hydrogen-bond acceptors (Lipinski definition) is 3. The van der Waals surface area contributed by atoms with Crippen LogP contribution in [0.2, 0.25) is 0 Å². The predicted molar refractivity (Wildman–Crippen MR) is 67.7 cm³/mol. The first-order valence-corrected chi connectivity index (χ1v) is 6.78. The van der Waals surface area contributed by atoms with Crippen molar-refractivity contribution in [2.75, 3.05) is 6.26 Å². The Kier molecular flexibility index (Phi) is 5.05. The molecule has 0 heterocycles. The van der Waals surface area contributed by atoms with E-state index in [1.165, 1.54) is 16.7 Å². The van der Waals surface area contributed by atoms with E-state index >= 15 is 0 Å². The molecule has 0 spiro atoms. The van der Waals surface area contributed by atoms with Crippen LogP contribution in [0.4, 0.5) is 4.79 Å². The van der Waals surface area contributed by atoms with Gasteiger partial charge in [0.1, 0.15) is 0 Å². The highest BCUT2D eigenvalue weighted by Crippen LogP contribution is 2.24. The third kappa shape index (κ3) is 4.62. The van der Waals surface area contributed by atoms with Crippen molar-refractivity contribution in [3.8, 4) is 0 Å². The van der Waals surface area contributed by atoms with E-state index in [2.05, 4.69) is 5.32 Å². The highest BCUT2D eigenvalue weighted by atomic mass is 32.2. The largest absolute Gasteiger partial charge is 0.345 e. The molecule has 0 fully saturated rings.